The largest absolute Gasteiger partial charge is 0.448 e. The monoisotopic (exact) mass is 203 g/mol. The average Bonchev–Trinajstić information content (AvgIpc) is 2.17. The maximum atomic E-state index is 11.0. The molecule has 0 bridgehead atoms. The van der Waals surface area contributed by atoms with Crippen LogP contribution in [-0.4, -0.2) is 31.4 Å². The summed E-state index contributed by atoms with van der Waals surface area (Å²) in [7, 11) is 1.57. The highest BCUT2D eigenvalue weighted by atomic mass is 16.7. The Morgan fingerprint density at radius 2 is 1.93 bits per heavy atom. The second-order valence-electron chi connectivity index (χ2n) is 3.09. The third kappa shape index (κ3) is 6.71. The van der Waals surface area contributed by atoms with E-state index in [1.165, 1.54) is 12.8 Å². The Bertz CT molecular complexity index is 150. The standard InChI is InChI=1S/C10H21NO3/c1-4-6-7-8-9-14-11(3)10(12)13-5-2/h4-9H2,1-3H3. The number of ether oxygens (including phenoxy) is 1. The number of rotatable bonds is 7. The van der Waals surface area contributed by atoms with Crippen LogP contribution < -0.4 is 0 Å². The Morgan fingerprint density at radius 1 is 1.21 bits per heavy atom. The molecule has 1 amide bonds. The first-order chi connectivity index (χ1) is 6.72. The van der Waals surface area contributed by atoms with Gasteiger partial charge in [-0.1, -0.05) is 26.2 Å². The number of hydrogen-bond acceptors (Lipinski definition) is 3. The van der Waals surface area contributed by atoms with E-state index in [0.717, 1.165) is 17.9 Å². The summed E-state index contributed by atoms with van der Waals surface area (Å²) in [5.74, 6) is 0. The molecule has 84 valence electrons. The van der Waals surface area contributed by atoms with Crippen molar-refractivity contribution in [2.75, 3.05) is 20.3 Å². The van der Waals surface area contributed by atoms with Crippen molar-refractivity contribution in [1.29, 1.82) is 0 Å². The van der Waals surface area contributed by atoms with Gasteiger partial charge in [-0.15, -0.1) is 0 Å². The van der Waals surface area contributed by atoms with Crippen LogP contribution in [0.5, 0.6) is 0 Å². The summed E-state index contributed by atoms with van der Waals surface area (Å²) in [6.07, 6.45) is 4.12. The molecule has 4 nitrogen and oxygen atoms in total. The van der Waals surface area contributed by atoms with Crippen molar-refractivity contribution in [2.24, 2.45) is 0 Å². The van der Waals surface area contributed by atoms with E-state index >= 15 is 0 Å². The number of amides is 1. The quantitative estimate of drug-likeness (QED) is 0.471. The van der Waals surface area contributed by atoms with Gasteiger partial charge in [0.2, 0.25) is 0 Å². The molecule has 0 aliphatic rings. The molecule has 0 aromatic heterocycles. The van der Waals surface area contributed by atoms with Gasteiger partial charge in [-0.25, -0.2) is 4.79 Å². The molecule has 0 aliphatic heterocycles. The van der Waals surface area contributed by atoms with Gasteiger partial charge in [0.15, 0.2) is 0 Å². The van der Waals surface area contributed by atoms with Gasteiger partial charge in [-0.3, -0.25) is 4.84 Å². The van der Waals surface area contributed by atoms with Gasteiger partial charge in [0.05, 0.1) is 13.2 Å². The van der Waals surface area contributed by atoms with Crippen molar-refractivity contribution >= 4 is 6.09 Å². The van der Waals surface area contributed by atoms with Crippen LogP contribution in [-0.2, 0) is 9.57 Å². The smallest absolute Gasteiger partial charge is 0.433 e. The fourth-order valence-electron chi connectivity index (χ4n) is 0.997. The molecule has 0 aromatic carbocycles. The highest BCUT2D eigenvalue weighted by Gasteiger charge is 2.08. The van der Waals surface area contributed by atoms with Crippen molar-refractivity contribution < 1.29 is 14.4 Å². The Balaban J connectivity index is 3.34. The molecule has 0 aromatic rings. The third-order valence-corrected chi connectivity index (χ3v) is 1.81. The summed E-state index contributed by atoms with van der Waals surface area (Å²) in [6, 6.07) is 0. The van der Waals surface area contributed by atoms with E-state index < -0.39 is 6.09 Å². The number of carbonyl (C=O) groups excluding carboxylic acids is 1. The fraction of sp³-hybridized carbons (Fsp3) is 0.900. The zero-order chi connectivity index (χ0) is 10.8. The Labute approximate surface area is 86.1 Å². The maximum Gasteiger partial charge on any atom is 0.433 e. The summed E-state index contributed by atoms with van der Waals surface area (Å²) >= 11 is 0. The van der Waals surface area contributed by atoms with Crippen LogP contribution in [0.2, 0.25) is 0 Å². The van der Waals surface area contributed by atoms with Crippen LogP contribution in [0.15, 0.2) is 0 Å². The molecular formula is C10H21NO3. The van der Waals surface area contributed by atoms with Crippen molar-refractivity contribution in [2.45, 2.75) is 39.5 Å². The van der Waals surface area contributed by atoms with Crippen molar-refractivity contribution in [3.63, 3.8) is 0 Å². The van der Waals surface area contributed by atoms with Gasteiger partial charge in [-0.2, -0.15) is 5.06 Å². The van der Waals surface area contributed by atoms with Crippen LogP contribution in [0.4, 0.5) is 4.79 Å². The summed E-state index contributed by atoms with van der Waals surface area (Å²) in [5.41, 5.74) is 0. The molecule has 0 aliphatic carbocycles. The van der Waals surface area contributed by atoms with Crippen LogP contribution in [0.1, 0.15) is 39.5 Å². The zero-order valence-electron chi connectivity index (χ0n) is 9.41. The van der Waals surface area contributed by atoms with E-state index in [1.807, 2.05) is 0 Å². The highest BCUT2D eigenvalue weighted by molar-refractivity contribution is 5.65. The minimum Gasteiger partial charge on any atom is -0.448 e. The third-order valence-electron chi connectivity index (χ3n) is 1.81. The lowest BCUT2D eigenvalue weighted by molar-refractivity contribution is -0.119. The van der Waals surface area contributed by atoms with Gasteiger partial charge in [0.25, 0.3) is 0 Å². The van der Waals surface area contributed by atoms with Gasteiger partial charge in [-0.05, 0) is 13.3 Å². The molecule has 0 atom stereocenters. The van der Waals surface area contributed by atoms with Gasteiger partial charge in [0, 0.05) is 7.05 Å². The van der Waals surface area contributed by atoms with Crippen LogP contribution in [0.25, 0.3) is 0 Å². The van der Waals surface area contributed by atoms with Crippen LogP contribution >= 0.6 is 0 Å². The SMILES string of the molecule is CCCCCCON(C)C(=O)OCC. The summed E-state index contributed by atoms with van der Waals surface area (Å²) in [6.45, 7) is 4.89. The first-order valence-corrected chi connectivity index (χ1v) is 5.25. The van der Waals surface area contributed by atoms with E-state index in [4.69, 9.17) is 9.57 Å². The predicted molar refractivity (Wildman–Crippen MR) is 54.9 cm³/mol. The Hall–Kier alpha value is -0.770. The van der Waals surface area contributed by atoms with Crippen molar-refractivity contribution in [3.05, 3.63) is 0 Å². The molecule has 0 N–H and O–H groups in total. The maximum absolute atomic E-state index is 11.0. The number of hydroxylamine groups is 2. The first kappa shape index (κ1) is 13.2. The van der Waals surface area contributed by atoms with Crippen LogP contribution in [0.3, 0.4) is 0 Å². The van der Waals surface area contributed by atoms with Gasteiger partial charge in [0.1, 0.15) is 0 Å². The summed E-state index contributed by atoms with van der Waals surface area (Å²) in [5, 5.41) is 1.15. The molecular weight excluding hydrogens is 182 g/mol. The van der Waals surface area contributed by atoms with E-state index in [2.05, 4.69) is 6.92 Å². The topological polar surface area (TPSA) is 38.8 Å². The number of hydrogen-bond donors (Lipinski definition) is 0. The molecule has 0 rings (SSSR count). The minimum atomic E-state index is -0.428. The van der Waals surface area contributed by atoms with E-state index in [-0.39, 0.29) is 0 Å². The number of nitrogens with zero attached hydrogens (tertiary/aromatic N) is 1. The molecule has 0 saturated heterocycles. The molecule has 0 saturated carbocycles. The first-order valence-electron chi connectivity index (χ1n) is 5.25. The Morgan fingerprint density at radius 3 is 2.50 bits per heavy atom. The normalized spacial score (nSPS) is 9.93. The lowest BCUT2D eigenvalue weighted by Gasteiger charge is -2.15. The van der Waals surface area contributed by atoms with Crippen molar-refractivity contribution in [1.82, 2.24) is 5.06 Å². The van der Waals surface area contributed by atoms with E-state index in [0.29, 0.717) is 13.2 Å². The molecule has 14 heavy (non-hydrogen) atoms. The lowest BCUT2D eigenvalue weighted by Crippen LogP contribution is -2.28. The zero-order valence-corrected chi connectivity index (χ0v) is 9.41. The lowest BCUT2D eigenvalue weighted by atomic mass is 10.2. The molecule has 0 heterocycles. The van der Waals surface area contributed by atoms with Crippen LogP contribution in [0, 0.1) is 0 Å². The second kappa shape index (κ2) is 8.81. The Kier molecular flexibility index (Phi) is 8.33. The number of unbranched alkanes of at least 4 members (excludes halogenated alkanes) is 3. The molecule has 0 radical (unpaired) electrons. The van der Waals surface area contributed by atoms with Gasteiger partial charge >= 0.3 is 6.09 Å². The van der Waals surface area contributed by atoms with E-state index in [1.54, 1.807) is 14.0 Å². The average molecular weight is 203 g/mol. The minimum absolute atomic E-state index is 0.377. The highest BCUT2D eigenvalue weighted by Crippen LogP contribution is 2.00. The second-order valence-corrected chi connectivity index (χ2v) is 3.09. The van der Waals surface area contributed by atoms with E-state index in [9.17, 15) is 4.79 Å². The molecule has 4 heteroatoms. The summed E-state index contributed by atoms with van der Waals surface area (Å²) in [4.78, 5) is 16.2. The summed E-state index contributed by atoms with van der Waals surface area (Å²) < 4.78 is 4.74. The molecule has 0 unspecified atom stereocenters. The molecule has 0 spiro atoms. The number of carbonyl (C=O) groups is 1. The molecule has 0 fully saturated rings. The van der Waals surface area contributed by atoms with Gasteiger partial charge < -0.3 is 4.74 Å². The fourth-order valence-corrected chi connectivity index (χ4v) is 0.997. The van der Waals surface area contributed by atoms with Crippen molar-refractivity contribution in [3.8, 4) is 0 Å². The predicted octanol–water partition coefficient (Wildman–Crippen LogP) is 2.59.